The van der Waals surface area contributed by atoms with E-state index in [9.17, 15) is 4.79 Å². The van der Waals surface area contributed by atoms with Crippen LogP contribution in [0.25, 0.3) is 11.0 Å². The van der Waals surface area contributed by atoms with Crippen molar-refractivity contribution < 1.29 is 4.79 Å². The van der Waals surface area contributed by atoms with E-state index in [1.807, 2.05) is 7.05 Å². The molecule has 0 aromatic carbocycles. The maximum absolute atomic E-state index is 12.3. The summed E-state index contributed by atoms with van der Waals surface area (Å²) in [6.45, 7) is 1.62. The summed E-state index contributed by atoms with van der Waals surface area (Å²) < 4.78 is 4.12. The number of piperidine rings is 1. The fraction of sp³-hybridized carbons (Fsp3) is 0.438. The summed E-state index contributed by atoms with van der Waals surface area (Å²) >= 11 is 3.50. The average Bonchev–Trinajstić information content (AvgIpc) is 3.19. The smallest absolute Gasteiger partial charge is 0.254 e. The van der Waals surface area contributed by atoms with Gasteiger partial charge in [-0.05, 0) is 28.8 Å². The van der Waals surface area contributed by atoms with E-state index >= 15 is 0 Å². The average molecular weight is 419 g/mol. The molecule has 10 heteroatoms. The van der Waals surface area contributed by atoms with E-state index in [0.29, 0.717) is 5.56 Å². The Hall–Kier alpha value is -2.49. The number of nitrogens with zero attached hydrogens (tertiary/aromatic N) is 7. The van der Waals surface area contributed by atoms with Crippen molar-refractivity contribution in [1.82, 2.24) is 34.8 Å². The van der Waals surface area contributed by atoms with Crippen LogP contribution in [-0.2, 0) is 14.1 Å². The summed E-state index contributed by atoms with van der Waals surface area (Å²) in [5.74, 6) is 0.808. The van der Waals surface area contributed by atoms with Crippen LogP contribution in [0.15, 0.2) is 23.3 Å². The van der Waals surface area contributed by atoms with Crippen LogP contribution in [0, 0.1) is 0 Å². The van der Waals surface area contributed by atoms with Crippen LogP contribution in [0.1, 0.15) is 23.2 Å². The van der Waals surface area contributed by atoms with Crippen molar-refractivity contribution in [3.05, 3.63) is 28.9 Å². The first-order chi connectivity index (χ1) is 12.5. The molecule has 1 fully saturated rings. The van der Waals surface area contributed by atoms with Gasteiger partial charge >= 0.3 is 0 Å². The zero-order valence-corrected chi connectivity index (χ0v) is 16.1. The molecular formula is C16H19BrN8O. The van der Waals surface area contributed by atoms with Crippen molar-refractivity contribution in [1.29, 1.82) is 0 Å². The molecule has 4 heterocycles. The highest BCUT2D eigenvalue weighted by molar-refractivity contribution is 9.10. The van der Waals surface area contributed by atoms with Crippen LogP contribution in [-0.4, -0.2) is 54.6 Å². The number of aromatic nitrogens is 6. The molecular weight excluding hydrogens is 400 g/mol. The van der Waals surface area contributed by atoms with Crippen LogP contribution < -0.4 is 10.2 Å². The molecule has 26 heavy (non-hydrogen) atoms. The van der Waals surface area contributed by atoms with Crippen LogP contribution in [0.3, 0.4) is 0 Å². The Labute approximate surface area is 158 Å². The lowest BCUT2D eigenvalue weighted by Crippen LogP contribution is -2.45. The highest BCUT2D eigenvalue weighted by Crippen LogP contribution is 2.30. The van der Waals surface area contributed by atoms with Crippen molar-refractivity contribution in [2.75, 3.05) is 18.0 Å². The second kappa shape index (κ2) is 6.67. The van der Waals surface area contributed by atoms with E-state index in [4.69, 9.17) is 0 Å². The summed E-state index contributed by atoms with van der Waals surface area (Å²) in [6.07, 6.45) is 6.59. The number of anilines is 1. The SMILES string of the molecule is Cn1cc(C(=O)NC2CCN(c3ncnc4c3c(Br)nn4C)CC2)cn1. The van der Waals surface area contributed by atoms with Gasteiger partial charge in [-0.25, -0.2) is 14.6 Å². The van der Waals surface area contributed by atoms with Crippen molar-refractivity contribution in [3.63, 3.8) is 0 Å². The van der Waals surface area contributed by atoms with Gasteiger partial charge in [0, 0.05) is 39.4 Å². The molecule has 3 aromatic rings. The Kier molecular flexibility index (Phi) is 4.35. The molecule has 4 rings (SSSR count). The minimum Gasteiger partial charge on any atom is -0.356 e. The van der Waals surface area contributed by atoms with Gasteiger partial charge in [0.2, 0.25) is 0 Å². The minimum atomic E-state index is -0.0732. The minimum absolute atomic E-state index is 0.0732. The second-order valence-corrected chi connectivity index (χ2v) is 7.20. The Balaban J connectivity index is 1.45. The lowest BCUT2D eigenvalue weighted by atomic mass is 10.0. The van der Waals surface area contributed by atoms with Crippen LogP contribution >= 0.6 is 15.9 Å². The van der Waals surface area contributed by atoms with Crippen LogP contribution in [0.4, 0.5) is 5.82 Å². The molecule has 9 nitrogen and oxygen atoms in total. The van der Waals surface area contributed by atoms with Gasteiger partial charge in [0.25, 0.3) is 5.91 Å². The van der Waals surface area contributed by atoms with Gasteiger partial charge < -0.3 is 10.2 Å². The number of rotatable bonds is 3. The molecule has 0 spiro atoms. The predicted molar refractivity (Wildman–Crippen MR) is 99.9 cm³/mol. The Morgan fingerprint density at radius 1 is 1.27 bits per heavy atom. The number of hydrogen-bond donors (Lipinski definition) is 1. The molecule has 1 amide bonds. The molecule has 0 unspecified atom stereocenters. The van der Waals surface area contributed by atoms with Gasteiger partial charge in [-0.15, -0.1) is 0 Å². The Morgan fingerprint density at radius 3 is 2.73 bits per heavy atom. The third kappa shape index (κ3) is 3.05. The number of carbonyl (C=O) groups is 1. The predicted octanol–water partition coefficient (Wildman–Crippen LogP) is 1.26. The fourth-order valence-corrected chi connectivity index (χ4v) is 3.90. The van der Waals surface area contributed by atoms with E-state index in [1.165, 1.54) is 0 Å². The first-order valence-corrected chi connectivity index (χ1v) is 9.20. The third-order valence-electron chi connectivity index (χ3n) is 4.65. The maximum atomic E-state index is 12.3. The molecule has 0 saturated carbocycles. The zero-order chi connectivity index (χ0) is 18.3. The first-order valence-electron chi connectivity index (χ1n) is 8.40. The number of hydrogen-bond acceptors (Lipinski definition) is 6. The lowest BCUT2D eigenvalue weighted by molar-refractivity contribution is 0.0931. The number of halogens is 1. The monoisotopic (exact) mass is 418 g/mol. The summed E-state index contributed by atoms with van der Waals surface area (Å²) in [7, 11) is 3.67. The number of amides is 1. The molecule has 1 saturated heterocycles. The first kappa shape index (κ1) is 17.0. The van der Waals surface area contributed by atoms with Gasteiger partial charge in [-0.3, -0.25) is 9.48 Å². The van der Waals surface area contributed by atoms with Gasteiger partial charge in [0.05, 0.1) is 17.1 Å². The summed E-state index contributed by atoms with van der Waals surface area (Å²) in [4.78, 5) is 23.3. The van der Waals surface area contributed by atoms with Gasteiger partial charge in [0.1, 0.15) is 16.7 Å². The van der Waals surface area contributed by atoms with Crippen LogP contribution in [0.2, 0.25) is 0 Å². The summed E-state index contributed by atoms with van der Waals surface area (Å²) in [5.41, 5.74) is 1.39. The third-order valence-corrected chi connectivity index (χ3v) is 5.21. The fourth-order valence-electron chi connectivity index (χ4n) is 3.31. The van der Waals surface area contributed by atoms with E-state index in [2.05, 4.69) is 46.3 Å². The standard InChI is InChI=1S/C16H19BrN8O/c1-23-8-10(7-20-23)16(26)21-11-3-5-25(6-4-11)15-12-13(17)22-24(2)14(12)18-9-19-15/h7-9,11H,3-6H2,1-2H3,(H,21,26). The Morgan fingerprint density at radius 2 is 2.04 bits per heavy atom. The van der Waals surface area contributed by atoms with E-state index in [-0.39, 0.29) is 11.9 Å². The van der Waals surface area contributed by atoms with Crippen molar-refractivity contribution in [2.45, 2.75) is 18.9 Å². The van der Waals surface area contributed by atoms with Crippen molar-refractivity contribution in [2.24, 2.45) is 14.1 Å². The molecule has 0 aliphatic carbocycles. The van der Waals surface area contributed by atoms with Gasteiger partial charge in [-0.1, -0.05) is 0 Å². The lowest BCUT2D eigenvalue weighted by Gasteiger charge is -2.33. The molecule has 0 bridgehead atoms. The summed E-state index contributed by atoms with van der Waals surface area (Å²) in [6, 6.07) is 0.147. The van der Waals surface area contributed by atoms with E-state index in [0.717, 1.165) is 47.4 Å². The van der Waals surface area contributed by atoms with Crippen molar-refractivity contribution >= 4 is 38.7 Å². The number of nitrogens with one attached hydrogen (secondary N) is 1. The molecule has 1 aliphatic rings. The number of carbonyl (C=O) groups excluding carboxylic acids is 1. The molecule has 1 aliphatic heterocycles. The molecule has 3 aromatic heterocycles. The largest absolute Gasteiger partial charge is 0.356 e. The van der Waals surface area contributed by atoms with Crippen molar-refractivity contribution in [3.8, 4) is 0 Å². The Bertz CT molecular complexity index is 956. The highest BCUT2D eigenvalue weighted by atomic mass is 79.9. The molecule has 0 atom stereocenters. The van der Waals surface area contributed by atoms with Gasteiger partial charge in [-0.2, -0.15) is 10.2 Å². The van der Waals surface area contributed by atoms with Gasteiger partial charge in [0.15, 0.2) is 5.65 Å². The molecule has 0 radical (unpaired) electrons. The maximum Gasteiger partial charge on any atom is 0.254 e. The normalized spacial score (nSPS) is 15.6. The highest BCUT2D eigenvalue weighted by Gasteiger charge is 2.25. The topological polar surface area (TPSA) is 93.8 Å². The quantitative estimate of drug-likeness (QED) is 0.687. The van der Waals surface area contributed by atoms with E-state index < -0.39 is 0 Å². The van der Waals surface area contributed by atoms with E-state index in [1.54, 1.807) is 35.1 Å². The molecule has 136 valence electrons. The number of aryl methyl sites for hydroxylation is 2. The summed E-state index contributed by atoms with van der Waals surface area (Å²) in [5, 5.41) is 12.4. The molecule has 1 N–H and O–H groups in total. The number of fused-ring (bicyclic) bond motifs is 1. The second-order valence-electron chi connectivity index (χ2n) is 6.45. The van der Waals surface area contributed by atoms with Crippen LogP contribution in [0.5, 0.6) is 0 Å². The zero-order valence-electron chi connectivity index (χ0n) is 14.6.